The van der Waals surface area contributed by atoms with Crippen LogP contribution in [0.15, 0.2) is 66.9 Å². The van der Waals surface area contributed by atoms with Gasteiger partial charge in [0.05, 0.1) is 28.2 Å². The quantitative estimate of drug-likeness (QED) is 0.375. The molecule has 9 heteroatoms. The third-order valence-corrected chi connectivity index (χ3v) is 7.80. The van der Waals surface area contributed by atoms with Gasteiger partial charge in [-0.3, -0.25) is 14.7 Å². The van der Waals surface area contributed by atoms with Crippen LogP contribution in [0.3, 0.4) is 0 Å². The van der Waals surface area contributed by atoms with Crippen molar-refractivity contribution in [3.05, 3.63) is 88.7 Å². The van der Waals surface area contributed by atoms with E-state index in [4.69, 9.17) is 11.6 Å². The Hall–Kier alpha value is -2.81. The molecular weight excluding hydrogens is 466 g/mol. The van der Waals surface area contributed by atoms with Gasteiger partial charge in [-0.15, -0.1) is 0 Å². The monoisotopic (exact) mass is 485 g/mol. The first-order valence-electron chi connectivity index (χ1n) is 9.83. The van der Waals surface area contributed by atoms with Gasteiger partial charge in [0.15, 0.2) is 15.0 Å². The Morgan fingerprint density at radius 3 is 2.53 bits per heavy atom. The lowest BCUT2D eigenvalue weighted by molar-refractivity contribution is -0.116. The molecule has 2 aromatic heterocycles. The molecule has 0 fully saturated rings. The molecule has 4 rings (SSSR count). The van der Waals surface area contributed by atoms with Crippen LogP contribution < -0.4 is 4.90 Å². The molecule has 0 atom stereocenters. The second kappa shape index (κ2) is 9.36. The van der Waals surface area contributed by atoms with Gasteiger partial charge in [0.1, 0.15) is 5.75 Å². The molecule has 0 N–H and O–H groups in total. The van der Waals surface area contributed by atoms with Crippen LogP contribution in [0, 0.1) is 6.92 Å². The Balaban J connectivity index is 1.66. The highest BCUT2D eigenvalue weighted by atomic mass is 35.5. The number of sulfone groups is 1. The molecule has 6 nitrogen and oxygen atoms in total. The minimum atomic E-state index is -3.68. The summed E-state index contributed by atoms with van der Waals surface area (Å²) in [5, 5.41) is 0.998. The van der Waals surface area contributed by atoms with Crippen molar-refractivity contribution in [1.82, 2.24) is 9.97 Å². The first-order chi connectivity index (χ1) is 15.3. The Morgan fingerprint density at radius 1 is 1.06 bits per heavy atom. The Kier molecular flexibility index (Phi) is 6.55. The Labute approximate surface area is 195 Å². The number of nitrogens with zero attached hydrogens (tertiary/aromatic N) is 3. The molecule has 0 saturated carbocycles. The molecule has 0 saturated heterocycles. The van der Waals surface area contributed by atoms with Crippen LogP contribution in [0.5, 0.6) is 0 Å². The van der Waals surface area contributed by atoms with Gasteiger partial charge in [-0.25, -0.2) is 13.4 Å². The van der Waals surface area contributed by atoms with Crippen molar-refractivity contribution in [1.29, 1.82) is 0 Å². The largest absolute Gasteiger partial charge is 0.281 e. The minimum Gasteiger partial charge on any atom is -0.281 e. The van der Waals surface area contributed by atoms with Crippen LogP contribution >= 0.6 is 22.9 Å². The summed E-state index contributed by atoms with van der Waals surface area (Å²) in [6, 6.07) is 17.8. The maximum absolute atomic E-state index is 13.2. The number of aromatic nitrogens is 2. The maximum Gasteiger partial charge on any atom is 0.244 e. The van der Waals surface area contributed by atoms with Crippen molar-refractivity contribution in [3.8, 4) is 0 Å². The molecule has 32 heavy (non-hydrogen) atoms. The van der Waals surface area contributed by atoms with E-state index in [1.807, 2.05) is 25.1 Å². The molecule has 0 unspecified atom stereocenters. The Bertz CT molecular complexity index is 1360. The molecule has 164 valence electrons. The van der Waals surface area contributed by atoms with Gasteiger partial charge in [-0.1, -0.05) is 59.3 Å². The van der Waals surface area contributed by atoms with Gasteiger partial charge >= 0.3 is 0 Å². The number of anilines is 1. The predicted molar refractivity (Wildman–Crippen MR) is 129 cm³/mol. The second-order valence-corrected chi connectivity index (χ2v) is 10.8. The number of fused-ring (bicyclic) bond motifs is 1. The van der Waals surface area contributed by atoms with Crippen LogP contribution in [-0.4, -0.2) is 30.0 Å². The number of carbonyl (C=O) groups is 1. The minimum absolute atomic E-state index is 0.118. The lowest BCUT2D eigenvalue weighted by atomic mass is 10.2. The standard InChI is InChI=1S/C23H20ClN3O3S2/c1-16-19(24)10-11-20-22(16)26-23(31-20)27(13-18-9-5-6-12-25-18)21(28)15-32(29,30)14-17-7-3-2-4-8-17/h2-12H,13-15H2,1H3. The number of amides is 1. The third kappa shape index (κ3) is 5.15. The average Bonchev–Trinajstić information content (AvgIpc) is 3.20. The topological polar surface area (TPSA) is 80.2 Å². The molecule has 0 bridgehead atoms. The van der Waals surface area contributed by atoms with Crippen LogP contribution in [0.1, 0.15) is 16.8 Å². The van der Waals surface area contributed by atoms with E-state index in [0.29, 0.717) is 26.9 Å². The molecule has 0 radical (unpaired) electrons. The molecule has 0 aliphatic heterocycles. The van der Waals surface area contributed by atoms with Crippen molar-refractivity contribution in [2.24, 2.45) is 0 Å². The molecule has 1 amide bonds. The fourth-order valence-corrected chi connectivity index (χ4v) is 5.79. The van der Waals surface area contributed by atoms with Crippen LogP contribution in [0.2, 0.25) is 5.02 Å². The molecular formula is C23H20ClN3O3S2. The van der Waals surface area contributed by atoms with E-state index in [1.54, 1.807) is 48.7 Å². The number of pyridine rings is 1. The van der Waals surface area contributed by atoms with E-state index < -0.39 is 21.5 Å². The molecule has 0 aliphatic rings. The van der Waals surface area contributed by atoms with Gasteiger partial charge in [-0.2, -0.15) is 0 Å². The van der Waals surface area contributed by atoms with Crippen LogP contribution in [0.4, 0.5) is 5.13 Å². The first-order valence-corrected chi connectivity index (χ1v) is 12.8. The highest BCUT2D eigenvalue weighted by molar-refractivity contribution is 7.91. The first kappa shape index (κ1) is 22.4. The predicted octanol–water partition coefficient (Wildman–Crippen LogP) is 4.80. The number of thiazole rings is 1. The zero-order valence-corrected chi connectivity index (χ0v) is 19.6. The summed E-state index contributed by atoms with van der Waals surface area (Å²) in [6.07, 6.45) is 1.63. The van der Waals surface area contributed by atoms with E-state index >= 15 is 0 Å². The summed E-state index contributed by atoms with van der Waals surface area (Å²) in [6.45, 7) is 1.98. The second-order valence-electron chi connectivity index (χ2n) is 7.33. The molecule has 0 aliphatic carbocycles. The molecule has 2 heterocycles. The van der Waals surface area contributed by atoms with Gasteiger partial charge in [-0.05, 0) is 42.3 Å². The normalized spacial score (nSPS) is 11.6. The van der Waals surface area contributed by atoms with Gasteiger partial charge in [0.2, 0.25) is 5.91 Å². The van der Waals surface area contributed by atoms with Gasteiger partial charge in [0.25, 0.3) is 0 Å². The number of hydrogen-bond acceptors (Lipinski definition) is 6. The smallest absolute Gasteiger partial charge is 0.244 e. The molecule has 0 spiro atoms. The van der Waals surface area contributed by atoms with E-state index in [2.05, 4.69) is 9.97 Å². The highest BCUT2D eigenvalue weighted by Crippen LogP contribution is 2.34. The zero-order valence-electron chi connectivity index (χ0n) is 17.2. The fourth-order valence-electron chi connectivity index (χ4n) is 3.27. The van der Waals surface area contributed by atoms with Gasteiger partial charge < -0.3 is 0 Å². The maximum atomic E-state index is 13.2. The van der Waals surface area contributed by atoms with E-state index in [0.717, 1.165) is 10.3 Å². The van der Waals surface area contributed by atoms with Crippen LogP contribution in [0.25, 0.3) is 10.2 Å². The molecule has 4 aromatic rings. The third-order valence-electron chi connectivity index (χ3n) is 4.89. The van der Waals surface area contributed by atoms with Crippen molar-refractivity contribution in [2.45, 2.75) is 19.2 Å². The average molecular weight is 486 g/mol. The SMILES string of the molecule is Cc1c(Cl)ccc2sc(N(Cc3ccccn3)C(=O)CS(=O)(=O)Cc3ccccc3)nc12. The lowest BCUT2D eigenvalue weighted by Crippen LogP contribution is -2.36. The number of aryl methyl sites for hydroxylation is 1. The summed E-state index contributed by atoms with van der Waals surface area (Å²) >= 11 is 7.55. The number of carbonyl (C=O) groups excluding carboxylic acids is 1. The van der Waals surface area contributed by atoms with Gasteiger partial charge in [0, 0.05) is 11.2 Å². The lowest BCUT2D eigenvalue weighted by Gasteiger charge is -2.19. The molecule has 2 aromatic carbocycles. The Morgan fingerprint density at radius 2 is 1.81 bits per heavy atom. The van der Waals surface area contributed by atoms with E-state index in [1.165, 1.54) is 16.2 Å². The summed E-state index contributed by atoms with van der Waals surface area (Å²) in [5.74, 6) is -1.37. The van der Waals surface area contributed by atoms with Crippen molar-refractivity contribution < 1.29 is 13.2 Å². The summed E-state index contributed by atoms with van der Waals surface area (Å²) in [7, 11) is -3.68. The zero-order chi connectivity index (χ0) is 22.7. The van der Waals surface area contributed by atoms with E-state index in [-0.39, 0.29) is 12.3 Å². The number of hydrogen-bond donors (Lipinski definition) is 0. The van der Waals surface area contributed by atoms with Crippen molar-refractivity contribution in [3.63, 3.8) is 0 Å². The summed E-state index contributed by atoms with van der Waals surface area (Å²) in [4.78, 5) is 23.5. The number of rotatable bonds is 7. The van der Waals surface area contributed by atoms with Crippen molar-refractivity contribution >= 4 is 54.0 Å². The summed E-state index contributed by atoms with van der Waals surface area (Å²) < 4.78 is 26.4. The van der Waals surface area contributed by atoms with Crippen molar-refractivity contribution in [2.75, 3.05) is 10.7 Å². The number of benzene rings is 2. The highest BCUT2D eigenvalue weighted by Gasteiger charge is 2.26. The van der Waals surface area contributed by atoms with E-state index in [9.17, 15) is 13.2 Å². The van der Waals surface area contributed by atoms with Crippen LogP contribution in [-0.2, 0) is 26.9 Å². The number of halogens is 1. The fraction of sp³-hybridized carbons (Fsp3) is 0.174. The summed E-state index contributed by atoms with van der Waals surface area (Å²) in [5.41, 5.74) is 2.79.